The van der Waals surface area contributed by atoms with Crippen LogP contribution in [0.5, 0.6) is 0 Å². The van der Waals surface area contributed by atoms with E-state index in [0.29, 0.717) is 5.92 Å². The van der Waals surface area contributed by atoms with Crippen molar-refractivity contribution >= 4 is 0 Å². The van der Waals surface area contributed by atoms with E-state index < -0.39 is 11.7 Å². The van der Waals surface area contributed by atoms with Gasteiger partial charge in [0.1, 0.15) is 5.60 Å². The molecular formula is C9H16O3. The third-order valence-corrected chi connectivity index (χ3v) is 3.46. The van der Waals surface area contributed by atoms with Gasteiger partial charge in [0.2, 0.25) is 0 Å². The number of hydrogen-bond acceptors (Lipinski definition) is 3. The first-order valence-electron chi connectivity index (χ1n) is 4.57. The minimum atomic E-state index is -0.635. The van der Waals surface area contributed by atoms with Crippen molar-refractivity contribution < 1.29 is 14.9 Å². The predicted octanol–water partition coefficient (Wildman–Crippen LogP) is 0.153. The summed E-state index contributed by atoms with van der Waals surface area (Å²) in [6.07, 6.45) is 0.419. The van der Waals surface area contributed by atoms with E-state index in [2.05, 4.69) is 6.92 Å². The Bertz CT molecular complexity index is 180. The fourth-order valence-corrected chi connectivity index (χ4v) is 2.95. The number of hydrogen-bond donors (Lipinski definition) is 2. The lowest BCUT2D eigenvalue weighted by molar-refractivity contribution is -0.119. The van der Waals surface area contributed by atoms with Crippen molar-refractivity contribution in [3.05, 3.63) is 0 Å². The molecule has 2 rings (SSSR count). The Labute approximate surface area is 72.3 Å². The molecule has 0 aromatic rings. The molecule has 0 aromatic heterocycles. The van der Waals surface area contributed by atoms with Crippen LogP contribution >= 0.6 is 0 Å². The highest BCUT2D eigenvalue weighted by atomic mass is 16.5. The van der Waals surface area contributed by atoms with Crippen molar-refractivity contribution in [2.75, 3.05) is 6.61 Å². The zero-order chi connectivity index (χ0) is 8.93. The van der Waals surface area contributed by atoms with Crippen LogP contribution in [0.25, 0.3) is 0 Å². The average Bonchev–Trinajstić information content (AvgIpc) is 2.37. The van der Waals surface area contributed by atoms with Gasteiger partial charge < -0.3 is 14.9 Å². The van der Waals surface area contributed by atoms with Crippen molar-refractivity contribution in [2.24, 2.45) is 11.8 Å². The third kappa shape index (κ3) is 0.817. The van der Waals surface area contributed by atoms with E-state index in [4.69, 9.17) is 9.84 Å². The summed E-state index contributed by atoms with van der Waals surface area (Å²) in [5.41, 5.74) is -0.635. The first kappa shape index (κ1) is 8.48. The Kier molecular flexibility index (Phi) is 1.72. The third-order valence-electron chi connectivity index (χ3n) is 3.46. The molecule has 0 spiro atoms. The highest BCUT2D eigenvalue weighted by Gasteiger charge is 2.60. The molecule has 2 bridgehead atoms. The zero-order valence-corrected chi connectivity index (χ0v) is 7.53. The van der Waals surface area contributed by atoms with Gasteiger partial charge in [-0.15, -0.1) is 0 Å². The summed E-state index contributed by atoms with van der Waals surface area (Å²) >= 11 is 0. The van der Waals surface area contributed by atoms with Gasteiger partial charge in [-0.2, -0.15) is 0 Å². The van der Waals surface area contributed by atoms with Gasteiger partial charge in [-0.25, -0.2) is 0 Å². The van der Waals surface area contributed by atoms with E-state index >= 15 is 0 Å². The molecule has 1 saturated carbocycles. The predicted molar refractivity (Wildman–Crippen MR) is 43.6 cm³/mol. The molecule has 0 aromatic carbocycles. The number of ether oxygens (including phenoxy) is 1. The molecule has 2 N–H and O–H groups in total. The van der Waals surface area contributed by atoms with E-state index in [1.807, 2.05) is 6.92 Å². The maximum Gasteiger partial charge on any atom is 0.118 e. The molecule has 1 saturated heterocycles. The van der Waals surface area contributed by atoms with Gasteiger partial charge in [0.05, 0.1) is 18.8 Å². The van der Waals surface area contributed by atoms with E-state index in [9.17, 15) is 5.11 Å². The molecule has 0 amide bonds. The van der Waals surface area contributed by atoms with Gasteiger partial charge in [0.25, 0.3) is 0 Å². The van der Waals surface area contributed by atoms with Gasteiger partial charge in [0, 0.05) is 5.92 Å². The van der Waals surface area contributed by atoms with Crippen LogP contribution in [-0.2, 0) is 4.74 Å². The van der Waals surface area contributed by atoms with Crippen molar-refractivity contribution in [1.82, 2.24) is 0 Å². The molecule has 12 heavy (non-hydrogen) atoms. The summed E-state index contributed by atoms with van der Waals surface area (Å²) < 4.78 is 5.58. The lowest BCUT2D eigenvalue weighted by atomic mass is 9.92. The fourth-order valence-electron chi connectivity index (χ4n) is 2.95. The largest absolute Gasteiger partial charge is 0.393 e. The number of fused-ring (bicyclic) bond motifs is 2. The molecule has 5 atom stereocenters. The van der Waals surface area contributed by atoms with Gasteiger partial charge in [-0.05, 0) is 19.3 Å². The smallest absolute Gasteiger partial charge is 0.118 e. The lowest BCUT2D eigenvalue weighted by Gasteiger charge is -2.30. The Hall–Kier alpha value is -0.120. The van der Waals surface area contributed by atoms with Crippen LogP contribution in [0.4, 0.5) is 0 Å². The maximum atomic E-state index is 9.84. The highest BCUT2D eigenvalue weighted by molar-refractivity contribution is 5.09. The molecule has 0 radical (unpaired) electrons. The number of aliphatic hydroxyl groups excluding tert-OH is 2. The van der Waals surface area contributed by atoms with Gasteiger partial charge in [0.15, 0.2) is 0 Å². The first-order valence-corrected chi connectivity index (χ1v) is 4.57. The van der Waals surface area contributed by atoms with Crippen LogP contribution in [0.1, 0.15) is 20.3 Å². The van der Waals surface area contributed by atoms with E-state index in [1.165, 1.54) is 0 Å². The second-order valence-corrected chi connectivity index (χ2v) is 4.25. The van der Waals surface area contributed by atoms with Gasteiger partial charge in [-0.1, -0.05) is 6.92 Å². The van der Waals surface area contributed by atoms with Crippen molar-refractivity contribution in [3.63, 3.8) is 0 Å². The Balaban J connectivity index is 2.28. The van der Waals surface area contributed by atoms with Crippen LogP contribution in [0, 0.1) is 11.8 Å². The molecular weight excluding hydrogens is 156 g/mol. The summed E-state index contributed by atoms with van der Waals surface area (Å²) in [7, 11) is 0. The topological polar surface area (TPSA) is 49.7 Å². The summed E-state index contributed by atoms with van der Waals surface area (Å²) in [4.78, 5) is 0. The first-order chi connectivity index (χ1) is 5.60. The Morgan fingerprint density at radius 3 is 2.50 bits per heavy atom. The van der Waals surface area contributed by atoms with Crippen molar-refractivity contribution in [2.45, 2.75) is 38.1 Å². The fraction of sp³-hybridized carbons (Fsp3) is 1.00. The molecule has 3 heteroatoms. The SMILES string of the molecule is CC1C[C@]2(CO)O[C@@H](C)[C@@H]1[C@@H]2O. The molecule has 1 aliphatic carbocycles. The van der Waals surface area contributed by atoms with Crippen LogP contribution in [0.2, 0.25) is 0 Å². The highest BCUT2D eigenvalue weighted by Crippen LogP contribution is 2.50. The summed E-state index contributed by atoms with van der Waals surface area (Å²) in [5, 5.41) is 19.0. The maximum absolute atomic E-state index is 9.84. The summed E-state index contributed by atoms with van der Waals surface area (Å²) in [6.45, 7) is 4.03. The molecule has 3 nitrogen and oxygen atoms in total. The monoisotopic (exact) mass is 172 g/mol. The van der Waals surface area contributed by atoms with Crippen LogP contribution in [-0.4, -0.2) is 34.6 Å². The quantitative estimate of drug-likeness (QED) is 0.592. The lowest BCUT2D eigenvalue weighted by Crippen LogP contribution is -2.41. The second-order valence-electron chi connectivity index (χ2n) is 4.25. The van der Waals surface area contributed by atoms with Crippen LogP contribution in [0.3, 0.4) is 0 Å². The molecule has 1 heterocycles. The summed E-state index contributed by atoms with van der Waals surface area (Å²) in [6, 6.07) is 0. The standard InChI is InChI=1S/C9H16O3/c1-5-3-9(4-10)8(11)7(5)6(2)12-9/h5-8,10-11H,3-4H2,1-2H3/t5?,6-,7+,8-,9+/m0/s1. The van der Waals surface area contributed by atoms with E-state index in [1.54, 1.807) is 0 Å². The number of aliphatic hydroxyl groups is 2. The summed E-state index contributed by atoms with van der Waals surface area (Å²) in [5.74, 6) is 0.688. The van der Waals surface area contributed by atoms with Crippen molar-refractivity contribution in [1.29, 1.82) is 0 Å². The average molecular weight is 172 g/mol. The zero-order valence-electron chi connectivity index (χ0n) is 7.53. The van der Waals surface area contributed by atoms with Gasteiger partial charge in [-0.3, -0.25) is 0 Å². The molecule has 70 valence electrons. The minimum absolute atomic E-state index is 0.0562. The Morgan fingerprint density at radius 2 is 2.17 bits per heavy atom. The van der Waals surface area contributed by atoms with Gasteiger partial charge >= 0.3 is 0 Å². The second kappa shape index (κ2) is 2.44. The molecule has 2 fully saturated rings. The van der Waals surface area contributed by atoms with E-state index in [0.717, 1.165) is 6.42 Å². The number of rotatable bonds is 1. The molecule has 1 aliphatic heterocycles. The normalized spacial score (nSPS) is 58.0. The molecule has 2 aliphatic rings. The van der Waals surface area contributed by atoms with Crippen LogP contribution in [0.15, 0.2) is 0 Å². The van der Waals surface area contributed by atoms with Crippen LogP contribution < -0.4 is 0 Å². The Morgan fingerprint density at radius 1 is 1.50 bits per heavy atom. The molecule has 1 unspecified atom stereocenters. The van der Waals surface area contributed by atoms with Crippen molar-refractivity contribution in [3.8, 4) is 0 Å². The minimum Gasteiger partial charge on any atom is -0.393 e. The van der Waals surface area contributed by atoms with E-state index in [-0.39, 0.29) is 18.6 Å².